The molecule has 1 N–H and O–H groups in total. The second-order valence-electron chi connectivity index (χ2n) is 6.04. The average Bonchev–Trinajstić information content (AvgIpc) is 3.14. The summed E-state index contributed by atoms with van der Waals surface area (Å²) >= 11 is 5.88. The lowest BCUT2D eigenvalue weighted by Crippen LogP contribution is -2.18. The maximum absolute atomic E-state index is 14.4. The van der Waals surface area contributed by atoms with E-state index in [0.717, 1.165) is 25.9 Å². The molecule has 1 saturated heterocycles. The first-order valence-electron chi connectivity index (χ1n) is 8.30. The van der Waals surface area contributed by atoms with Crippen molar-refractivity contribution in [2.24, 2.45) is 0 Å². The van der Waals surface area contributed by atoms with Crippen molar-refractivity contribution in [2.45, 2.75) is 12.8 Å². The highest BCUT2D eigenvalue weighted by Gasteiger charge is 2.16. The minimum Gasteiger partial charge on any atom is -0.369 e. The molecule has 3 rings (SSSR count). The average molecular weight is 370 g/mol. The largest absolute Gasteiger partial charge is 0.369 e. The molecule has 6 heteroatoms. The van der Waals surface area contributed by atoms with E-state index in [1.165, 1.54) is 12.1 Å². The van der Waals surface area contributed by atoms with E-state index in [1.54, 1.807) is 36.4 Å². The molecule has 132 valence electrons. The number of nitrogens with one attached hydrogen (secondary N) is 1. The summed E-state index contributed by atoms with van der Waals surface area (Å²) in [5.41, 5.74) is 1.39. The zero-order valence-corrected chi connectivity index (χ0v) is 14.8. The molecule has 26 heavy (non-hydrogen) atoms. The van der Waals surface area contributed by atoms with E-state index in [1.807, 2.05) is 11.0 Å². The Hall–Kier alpha value is -2.84. The Morgan fingerprint density at radius 2 is 2.00 bits per heavy atom. The van der Waals surface area contributed by atoms with Gasteiger partial charge in [-0.05, 0) is 54.8 Å². The van der Waals surface area contributed by atoms with Crippen molar-refractivity contribution in [3.8, 4) is 6.07 Å². The van der Waals surface area contributed by atoms with Gasteiger partial charge in [-0.2, -0.15) is 5.26 Å². The van der Waals surface area contributed by atoms with Gasteiger partial charge in [0, 0.05) is 23.8 Å². The first-order chi connectivity index (χ1) is 12.6. The first-order valence-corrected chi connectivity index (χ1v) is 8.68. The van der Waals surface area contributed by atoms with Crippen LogP contribution >= 0.6 is 11.6 Å². The highest BCUT2D eigenvalue weighted by molar-refractivity contribution is 6.31. The molecule has 1 amide bonds. The zero-order chi connectivity index (χ0) is 18.5. The Bertz CT molecular complexity index is 898. The van der Waals surface area contributed by atoms with Crippen LogP contribution in [0.5, 0.6) is 0 Å². The molecular formula is C20H17ClFN3O. The van der Waals surface area contributed by atoms with Crippen LogP contribution in [0.15, 0.2) is 48.0 Å². The molecule has 1 fully saturated rings. The van der Waals surface area contributed by atoms with Crippen molar-refractivity contribution in [1.82, 2.24) is 0 Å². The van der Waals surface area contributed by atoms with Crippen LogP contribution in [0.2, 0.25) is 5.02 Å². The third-order valence-corrected chi connectivity index (χ3v) is 4.41. The molecule has 4 nitrogen and oxygen atoms in total. The van der Waals surface area contributed by atoms with Crippen molar-refractivity contribution < 1.29 is 9.18 Å². The number of carbonyl (C=O) groups is 1. The number of halogens is 2. The fourth-order valence-electron chi connectivity index (χ4n) is 2.91. The predicted molar refractivity (Wildman–Crippen MR) is 102 cm³/mol. The van der Waals surface area contributed by atoms with Gasteiger partial charge >= 0.3 is 0 Å². The van der Waals surface area contributed by atoms with E-state index in [4.69, 9.17) is 11.6 Å². The third kappa shape index (κ3) is 4.22. The predicted octanol–water partition coefficient (Wildman–Crippen LogP) is 4.62. The molecule has 0 bridgehead atoms. The van der Waals surface area contributed by atoms with E-state index in [2.05, 4.69) is 5.32 Å². The summed E-state index contributed by atoms with van der Waals surface area (Å²) in [5, 5.41) is 12.4. The molecular weight excluding hydrogens is 353 g/mol. The Balaban J connectivity index is 1.79. The molecule has 0 aromatic heterocycles. The standard InChI is InChI=1S/C20H17ClFN3O/c21-16-4-3-5-17(12-16)24-20(26)15(13-23)10-14-6-7-19(18(22)11-14)25-8-1-2-9-25/h3-7,10-12H,1-2,8-9H2,(H,24,26)/b15-10-. The van der Waals surface area contributed by atoms with Crippen LogP contribution in [0.4, 0.5) is 15.8 Å². The van der Waals surface area contributed by atoms with Crippen molar-refractivity contribution in [3.63, 3.8) is 0 Å². The highest BCUT2D eigenvalue weighted by atomic mass is 35.5. The number of rotatable bonds is 4. The fraction of sp³-hybridized carbons (Fsp3) is 0.200. The SMILES string of the molecule is N#C/C(=C/c1ccc(N2CCCC2)c(F)c1)C(=O)Nc1cccc(Cl)c1. The van der Waals surface area contributed by atoms with Gasteiger partial charge in [-0.25, -0.2) is 4.39 Å². The Morgan fingerprint density at radius 3 is 2.65 bits per heavy atom. The van der Waals surface area contributed by atoms with Gasteiger partial charge in [0.15, 0.2) is 0 Å². The van der Waals surface area contributed by atoms with Gasteiger partial charge in [0.1, 0.15) is 17.5 Å². The zero-order valence-electron chi connectivity index (χ0n) is 14.0. The number of carbonyl (C=O) groups excluding carboxylic acids is 1. The van der Waals surface area contributed by atoms with Gasteiger partial charge < -0.3 is 10.2 Å². The quantitative estimate of drug-likeness (QED) is 0.631. The second kappa shape index (κ2) is 8.03. The minimum atomic E-state index is -0.571. The molecule has 2 aromatic rings. The van der Waals surface area contributed by atoms with E-state index in [0.29, 0.717) is 22.0 Å². The van der Waals surface area contributed by atoms with Gasteiger partial charge in [-0.1, -0.05) is 23.7 Å². The molecule has 1 heterocycles. The van der Waals surface area contributed by atoms with Crippen LogP contribution in [0.1, 0.15) is 18.4 Å². The minimum absolute atomic E-state index is 0.113. The summed E-state index contributed by atoms with van der Waals surface area (Å²) in [4.78, 5) is 14.3. The molecule has 2 aromatic carbocycles. The van der Waals surface area contributed by atoms with Crippen LogP contribution in [-0.4, -0.2) is 19.0 Å². The topological polar surface area (TPSA) is 56.1 Å². The maximum Gasteiger partial charge on any atom is 0.266 e. The summed E-state index contributed by atoms with van der Waals surface area (Å²) in [5.74, 6) is -0.924. The van der Waals surface area contributed by atoms with Gasteiger partial charge in [-0.3, -0.25) is 4.79 Å². The van der Waals surface area contributed by atoms with Gasteiger partial charge in [0.25, 0.3) is 5.91 Å². The fourth-order valence-corrected chi connectivity index (χ4v) is 3.10. The van der Waals surface area contributed by atoms with Gasteiger partial charge in [0.2, 0.25) is 0 Å². The lowest BCUT2D eigenvalue weighted by Gasteiger charge is -2.18. The van der Waals surface area contributed by atoms with Crippen molar-refractivity contribution in [2.75, 3.05) is 23.3 Å². The highest BCUT2D eigenvalue weighted by Crippen LogP contribution is 2.25. The normalized spacial score (nSPS) is 14.2. The van der Waals surface area contributed by atoms with Crippen LogP contribution < -0.4 is 10.2 Å². The number of nitriles is 1. The molecule has 1 aliphatic rings. The monoisotopic (exact) mass is 369 g/mol. The summed E-state index contributed by atoms with van der Waals surface area (Å²) < 4.78 is 14.4. The third-order valence-electron chi connectivity index (χ3n) is 4.18. The van der Waals surface area contributed by atoms with Crippen molar-refractivity contribution >= 4 is 35.0 Å². The van der Waals surface area contributed by atoms with E-state index < -0.39 is 5.91 Å². The number of hydrogen-bond acceptors (Lipinski definition) is 3. The lowest BCUT2D eigenvalue weighted by atomic mass is 10.1. The van der Waals surface area contributed by atoms with Crippen LogP contribution in [0, 0.1) is 17.1 Å². The summed E-state index contributed by atoms with van der Waals surface area (Å²) in [7, 11) is 0. The summed E-state index contributed by atoms with van der Waals surface area (Å²) in [6, 6.07) is 13.2. The Kier molecular flexibility index (Phi) is 5.55. The summed E-state index contributed by atoms with van der Waals surface area (Å²) in [6.45, 7) is 1.69. The second-order valence-corrected chi connectivity index (χ2v) is 6.48. The van der Waals surface area contributed by atoms with Crippen molar-refractivity contribution in [1.29, 1.82) is 5.26 Å². The van der Waals surface area contributed by atoms with Gasteiger partial charge in [0.05, 0.1) is 5.69 Å². The number of hydrogen-bond donors (Lipinski definition) is 1. The first kappa shape index (κ1) is 18.0. The van der Waals surface area contributed by atoms with Gasteiger partial charge in [-0.15, -0.1) is 0 Å². The molecule has 0 saturated carbocycles. The molecule has 0 atom stereocenters. The number of anilines is 2. The molecule has 1 aliphatic heterocycles. The molecule has 0 spiro atoms. The van der Waals surface area contributed by atoms with Crippen LogP contribution in [-0.2, 0) is 4.79 Å². The van der Waals surface area contributed by atoms with Crippen LogP contribution in [0.25, 0.3) is 6.08 Å². The summed E-state index contributed by atoms with van der Waals surface area (Å²) in [6.07, 6.45) is 3.49. The number of benzene rings is 2. The lowest BCUT2D eigenvalue weighted by molar-refractivity contribution is -0.112. The van der Waals surface area contributed by atoms with E-state index >= 15 is 0 Å². The smallest absolute Gasteiger partial charge is 0.266 e. The number of amides is 1. The van der Waals surface area contributed by atoms with E-state index in [9.17, 15) is 14.4 Å². The Morgan fingerprint density at radius 1 is 1.23 bits per heavy atom. The molecule has 0 radical (unpaired) electrons. The molecule has 0 unspecified atom stereocenters. The molecule has 0 aliphatic carbocycles. The Labute approximate surface area is 156 Å². The van der Waals surface area contributed by atoms with Crippen molar-refractivity contribution in [3.05, 3.63) is 64.4 Å². The van der Waals surface area contributed by atoms with E-state index in [-0.39, 0.29) is 11.4 Å². The number of nitrogens with zero attached hydrogens (tertiary/aromatic N) is 2. The maximum atomic E-state index is 14.4. The van der Waals surface area contributed by atoms with Crippen LogP contribution in [0.3, 0.4) is 0 Å².